The van der Waals surface area contributed by atoms with Crippen LogP contribution in [0.2, 0.25) is 0 Å². The number of para-hydroxylation sites is 2. The second kappa shape index (κ2) is 6.37. The third kappa shape index (κ3) is 3.99. The average Bonchev–Trinajstić information content (AvgIpc) is 2.85. The Morgan fingerprint density at radius 1 is 1.36 bits per heavy atom. The number of carbonyl (C=O) groups is 1. The molecule has 0 aliphatic rings. The van der Waals surface area contributed by atoms with Crippen molar-refractivity contribution in [2.24, 2.45) is 5.92 Å². The summed E-state index contributed by atoms with van der Waals surface area (Å²) in [5.41, 5.74) is 1.51. The number of hydrogen-bond donors (Lipinski definition) is 2. The molecule has 1 aromatic carbocycles. The number of carbonyl (C=O) groups excluding carboxylic acids is 1. The number of halogens is 3. The third-order valence-corrected chi connectivity index (χ3v) is 3.59. The number of amides is 1. The van der Waals surface area contributed by atoms with E-state index in [1.165, 1.54) is 0 Å². The summed E-state index contributed by atoms with van der Waals surface area (Å²) in [5, 5.41) is 2.45. The fraction of sp³-hybridized carbons (Fsp3) is 0.467. The van der Waals surface area contributed by atoms with Gasteiger partial charge < -0.3 is 10.3 Å². The lowest BCUT2D eigenvalue weighted by molar-refractivity contribution is -0.154. The van der Waals surface area contributed by atoms with Crippen LogP contribution in [0.5, 0.6) is 0 Å². The summed E-state index contributed by atoms with van der Waals surface area (Å²) in [6.45, 7) is 3.78. The number of rotatable bonds is 5. The fourth-order valence-corrected chi connectivity index (χ4v) is 2.24. The largest absolute Gasteiger partial charge is 0.397 e. The van der Waals surface area contributed by atoms with E-state index in [1.807, 2.05) is 32.0 Å². The molecule has 22 heavy (non-hydrogen) atoms. The van der Waals surface area contributed by atoms with Crippen molar-refractivity contribution in [3.63, 3.8) is 0 Å². The van der Waals surface area contributed by atoms with Crippen LogP contribution in [0.3, 0.4) is 0 Å². The first kappa shape index (κ1) is 16.3. The molecule has 0 aliphatic heterocycles. The van der Waals surface area contributed by atoms with E-state index in [1.54, 1.807) is 6.07 Å². The smallest absolute Gasteiger partial charge is 0.346 e. The van der Waals surface area contributed by atoms with Crippen LogP contribution in [0.15, 0.2) is 24.3 Å². The minimum atomic E-state index is -4.52. The number of fused-ring (bicyclic) bond motifs is 1. The van der Waals surface area contributed by atoms with Crippen LogP contribution < -0.4 is 5.32 Å². The number of hydrogen-bond acceptors (Lipinski definition) is 2. The molecular formula is C15H18F3N3O. The molecule has 120 valence electrons. The Kier molecular flexibility index (Phi) is 4.73. The number of alkyl halides is 3. The van der Waals surface area contributed by atoms with Gasteiger partial charge in [0.15, 0.2) is 0 Å². The van der Waals surface area contributed by atoms with Crippen LogP contribution in [-0.2, 0) is 4.79 Å². The normalized spacial score (nSPS) is 14.8. The first-order valence-corrected chi connectivity index (χ1v) is 7.11. The van der Waals surface area contributed by atoms with Gasteiger partial charge in [-0.25, -0.2) is 4.98 Å². The molecule has 0 bridgehead atoms. The third-order valence-electron chi connectivity index (χ3n) is 3.59. The van der Waals surface area contributed by atoms with Crippen molar-refractivity contribution in [2.45, 2.75) is 38.9 Å². The van der Waals surface area contributed by atoms with Gasteiger partial charge in [0.1, 0.15) is 12.2 Å². The number of nitrogens with zero attached hydrogens (tertiary/aromatic N) is 1. The zero-order valence-electron chi connectivity index (χ0n) is 12.4. The molecule has 0 saturated heterocycles. The maximum atomic E-state index is 12.3. The van der Waals surface area contributed by atoms with E-state index in [-0.39, 0.29) is 5.92 Å². The Hall–Kier alpha value is -2.05. The summed E-state index contributed by atoms with van der Waals surface area (Å²) in [6, 6.07) is 6.72. The molecule has 0 spiro atoms. The lowest BCUT2D eigenvalue weighted by Crippen LogP contribution is -2.35. The van der Waals surface area contributed by atoms with Crippen LogP contribution >= 0.6 is 0 Å². The molecule has 0 radical (unpaired) electrons. The van der Waals surface area contributed by atoms with Crippen molar-refractivity contribution in [1.29, 1.82) is 0 Å². The Balaban J connectivity index is 2.24. The molecule has 1 aromatic heterocycles. The van der Waals surface area contributed by atoms with Crippen molar-refractivity contribution in [2.75, 3.05) is 0 Å². The summed E-state index contributed by atoms with van der Waals surface area (Å²) in [6.07, 6.45) is -5.30. The Bertz CT molecular complexity index is 618. The first-order valence-electron chi connectivity index (χ1n) is 7.11. The van der Waals surface area contributed by atoms with E-state index in [4.69, 9.17) is 0 Å². The van der Waals surface area contributed by atoms with Gasteiger partial charge in [-0.1, -0.05) is 32.4 Å². The van der Waals surface area contributed by atoms with E-state index < -0.39 is 24.5 Å². The van der Waals surface area contributed by atoms with Gasteiger partial charge in [0.2, 0.25) is 5.91 Å². The summed E-state index contributed by atoms with van der Waals surface area (Å²) >= 11 is 0. The van der Waals surface area contributed by atoms with Crippen LogP contribution in [0.4, 0.5) is 13.2 Å². The Labute approximate surface area is 126 Å². The molecule has 0 unspecified atom stereocenters. The first-order chi connectivity index (χ1) is 10.3. The topological polar surface area (TPSA) is 57.8 Å². The van der Waals surface area contributed by atoms with E-state index in [0.29, 0.717) is 12.2 Å². The molecule has 2 aromatic rings. The molecule has 2 atom stereocenters. The van der Waals surface area contributed by atoms with Gasteiger partial charge in [0.05, 0.1) is 17.1 Å². The molecule has 2 rings (SSSR count). The highest BCUT2D eigenvalue weighted by Gasteiger charge is 2.33. The highest BCUT2D eigenvalue weighted by molar-refractivity contribution is 5.78. The van der Waals surface area contributed by atoms with Gasteiger partial charge in [-0.2, -0.15) is 13.2 Å². The Morgan fingerprint density at radius 2 is 2.05 bits per heavy atom. The summed E-state index contributed by atoms with van der Waals surface area (Å²) < 4.78 is 37.0. The zero-order chi connectivity index (χ0) is 16.3. The minimum absolute atomic E-state index is 0.0438. The van der Waals surface area contributed by atoms with Crippen LogP contribution in [0.1, 0.15) is 38.6 Å². The lowest BCUT2D eigenvalue weighted by atomic mass is 9.98. The van der Waals surface area contributed by atoms with Gasteiger partial charge >= 0.3 is 6.18 Å². The number of imidazole rings is 1. The predicted molar refractivity (Wildman–Crippen MR) is 77.1 cm³/mol. The van der Waals surface area contributed by atoms with Crippen LogP contribution in [0.25, 0.3) is 11.0 Å². The maximum Gasteiger partial charge on any atom is 0.397 e. The van der Waals surface area contributed by atoms with E-state index in [2.05, 4.69) is 15.3 Å². The number of benzene rings is 1. The van der Waals surface area contributed by atoms with Crippen molar-refractivity contribution in [3.8, 4) is 0 Å². The van der Waals surface area contributed by atoms with Crippen molar-refractivity contribution >= 4 is 16.9 Å². The molecule has 1 heterocycles. The van der Waals surface area contributed by atoms with Crippen molar-refractivity contribution in [1.82, 2.24) is 15.3 Å². The molecule has 0 fully saturated rings. The summed E-state index contributed by atoms with van der Waals surface area (Å²) in [4.78, 5) is 19.1. The van der Waals surface area contributed by atoms with Gasteiger partial charge in [-0.05, 0) is 18.1 Å². The maximum absolute atomic E-state index is 12.3. The molecule has 7 heteroatoms. The van der Waals surface area contributed by atoms with Crippen molar-refractivity contribution in [3.05, 3.63) is 30.1 Å². The van der Waals surface area contributed by atoms with Crippen LogP contribution in [0, 0.1) is 5.92 Å². The van der Waals surface area contributed by atoms with Gasteiger partial charge in [-0.15, -0.1) is 0 Å². The number of aromatic nitrogens is 2. The summed E-state index contributed by atoms with van der Waals surface area (Å²) in [7, 11) is 0. The standard InChI is InChI=1S/C15H18F3N3O/c1-3-9(2)13(21-12(22)8-15(16,17)18)14-19-10-6-4-5-7-11(10)20-14/h4-7,9,13H,3,8H2,1-2H3,(H,19,20)(H,21,22)/t9-,13+/m0/s1. The lowest BCUT2D eigenvalue weighted by Gasteiger charge is -2.22. The van der Waals surface area contributed by atoms with Gasteiger partial charge in [-0.3, -0.25) is 4.79 Å². The minimum Gasteiger partial charge on any atom is -0.346 e. The number of nitrogens with one attached hydrogen (secondary N) is 2. The quantitative estimate of drug-likeness (QED) is 0.884. The highest BCUT2D eigenvalue weighted by Crippen LogP contribution is 2.26. The van der Waals surface area contributed by atoms with Gasteiger partial charge in [0.25, 0.3) is 0 Å². The van der Waals surface area contributed by atoms with Crippen molar-refractivity contribution < 1.29 is 18.0 Å². The second-order valence-corrected chi connectivity index (χ2v) is 5.36. The average molecular weight is 313 g/mol. The SMILES string of the molecule is CC[C@H](C)[C@@H](NC(=O)CC(F)(F)F)c1nc2ccccc2[nH]1. The fourth-order valence-electron chi connectivity index (χ4n) is 2.24. The van der Waals surface area contributed by atoms with Crippen LogP contribution in [-0.4, -0.2) is 22.1 Å². The molecule has 2 N–H and O–H groups in total. The zero-order valence-corrected chi connectivity index (χ0v) is 12.4. The summed E-state index contributed by atoms with van der Waals surface area (Å²) in [5.74, 6) is -0.609. The number of aromatic amines is 1. The Morgan fingerprint density at radius 3 is 2.64 bits per heavy atom. The molecule has 1 amide bonds. The monoisotopic (exact) mass is 313 g/mol. The highest BCUT2D eigenvalue weighted by atomic mass is 19.4. The molecule has 4 nitrogen and oxygen atoms in total. The molecule has 0 aliphatic carbocycles. The number of H-pyrrole nitrogens is 1. The van der Waals surface area contributed by atoms with E-state index >= 15 is 0 Å². The van der Waals surface area contributed by atoms with Gasteiger partial charge in [0, 0.05) is 0 Å². The van der Waals surface area contributed by atoms with E-state index in [0.717, 1.165) is 11.0 Å². The molecule has 0 saturated carbocycles. The second-order valence-electron chi connectivity index (χ2n) is 5.36. The van der Waals surface area contributed by atoms with E-state index in [9.17, 15) is 18.0 Å². The predicted octanol–water partition coefficient (Wildman–Crippen LogP) is 3.72. The molecular weight excluding hydrogens is 295 g/mol.